The molecule has 1 saturated carbocycles. The zero-order valence-electron chi connectivity index (χ0n) is 12.4. The molecule has 0 aromatic rings. The molecule has 0 aromatic heterocycles. The van der Waals surface area contributed by atoms with E-state index in [1.807, 2.05) is 7.05 Å². The van der Waals surface area contributed by atoms with Crippen LogP contribution in [0.2, 0.25) is 0 Å². The van der Waals surface area contributed by atoms with Gasteiger partial charge in [0.15, 0.2) is 0 Å². The Bertz CT molecular complexity index is 191. The average molecular weight is 240 g/mol. The highest BCUT2D eigenvalue weighted by Gasteiger charge is 2.28. The normalized spacial score (nSPS) is 21.0. The van der Waals surface area contributed by atoms with Crippen molar-refractivity contribution in [3.05, 3.63) is 0 Å². The van der Waals surface area contributed by atoms with E-state index < -0.39 is 0 Å². The molecular formula is C15H32N2. The molecule has 0 saturated heterocycles. The summed E-state index contributed by atoms with van der Waals surface area (Å²) in [4.78, 5) is 2.61. The van der Waals surface area contributed by atoms with Crippen molar-refractivity contribution in [2.75, 3.05) is 27.2 Å². The predicted octanol–water partition coefficient (Wildman–Crippen LogP) is 3.28. The Balaban J connectivity index is 2.10. The third-order valence-electron chi connectivity index (χ3n) is 4.37. The summed E-state index contributed by atoms with van der Waals surface area (Å²) < 4.78 is 0. The molecule has 0 unspecified atom stereocenters. The van der Waals surface area contributed by atoms with Gasteiger partial charge in [0.1, 0.15) is 0 Å². The first-order valence-corrected chi connectivity index (χ1v) is 7.40. The summed E-state index contributed by atoms with van der Waals surface area (Å²) in [5, 5.41) is 3.21. The molecule has 1 aliphatic carbocycles. The van der Waals surface area contributed by atoms with Gasteiger partial charge in [-0.05, 0) is 71.1 Å². The van der Waals surface area contributed by atoms with E-state index in [0.717, 1.165) is 6.04 Å². The fraction of sp³-hybridized carbons (Fsp3) is 1.00. The molecule has 0 bridgehead atoms. The first-order valence-electron chi connectivity index (χ1n) is 7.40. The predicted molar refractivity (Wildman–Crippen MR) is 76.4 cm³/mol. The lowest BCUT2D eigenvalue weighted by atomic mass is 9.75. The summed E-state index contributed by atoms with van der Waals surface area (Å²) in [6.45, 7) is 7.29. The van der Waals surface area contributed by atoms with Crippen LogP contribution in [0.25, 0.3) is 0 Å². The molecule has 1 aliphatic rings. The van der Waals surface area contributed by atoms with E-state index in [1.165, 1.54) is 58.0 Å². The summed E-state index contributed by atoms with van der Waals surface area (Å²) in [7, 11) is 4.36. The maximum absolute atomic E-state index is 3.21. The molecule has 102 valence electrons. The van der Waals surface area contributed by atoms with Gasteiger partial charge in [0, 0.05) is 6.04 Å². The van der Waals surface area contributed by atoms with Gasteiger partial charge >= 0.3 is 0 Å². The van der Waals surface area contributed by atoms with E-state index in [2.05, 4.69) is 31.1 Å². The first kappa shape index (κ1) is 15.0. The van der Waals surface area contributed by atoms with Crippen LogP contribution in [0.5, 0.6) is 0 Å². The van der Waals surface area contributed by atoms with Crippen LogP contribution in [0.1, 0.15) is 58.8 Å². The zero-order valence-corrected chi connectivity index (χ0v) is 12.4. The van der Waals surface area contributed by atoms with Gasteiger partial charge < -0.3 is 10.2 Å². The summed E-state index contributed by atoms with van der Waals surface area (Å²) in [6, 6.07) is 0.854. The van der Waals surface area contributed by atoms with Gasteiger partial charge in [-0.25, -0.2) is 0 Å². The molecule has 0 aromatic carbocycles. The number of rotatable bonds is 7. The van der Waals surface area contributed by atoms with E-state index in [4.69, 9.17) is 0 Å². The average Bonchev–Trinajstić information content (AvgIpc) is 2.28. The Morgan fingerprint density at radius 2 is 1.76 bits per heavy atom. The summed E-state index contributed by atoms with van der Waals surface area (Å²) in [5.74, 6) is 0. The molecular weight excluding hydrogens is 208 g/mol. The second-order valence-electron chi connectivity index (χ2n) is 6.54. The van der Waals surface area contributed by atoms with Crippen molar-refractivity contribution in [1.82, 2.24) is 10.2 Å². The maximum Gasteiger partial charge on any atom is 0.00926 e. The monoisotopic (exact) mass is 240 g/mol. The maximum atomic E-state index is 3.21. The molecule has 1 rings (SSSR count). The lowest BCUT2D eigenvalue weighted by Gasteiger charge is -2.38. The summed E-state index contributed by atoms with van der Waals surface area (Å²) in [6.07, 6.45) is 9.66. The van der Waals surface area contributed by atoms with E-state index in [-0.39, 0.29) is 0 Å². The number of nitrogens with one attached hydrogen (secondary N) is 1. The van der Waals surface area contributed by atoms with Crippen molar-refractivity contribution in [2.24, 2.45) is 5.41 Å². The molecule has 0 heterocycles. The molecule has 0 spiro atoms. The zero-order chi connectivity index (χ0) is 12.7. The molecule has 0 atom stereocenters. The van der Waals surface area contributed by atoms with E-state index in [1.54, 1.807) is 0 Å². The van der Waals surface area contributed by atoms with Gasteiger partial charge in [-0.15, -0.1) is 0 Å². The first-order chi connectivity index (χ1) is 8.05. The molecule has 2 heteroatoms. The topological polar surface area (TPSA) is 15.3 Å². The Morgan fingerprint density at radius 1 is 1.12 bits per heavy atom. The largest absolute Gasteiger partial charge is 0.320 e. The highest BCUT2D eigenvalue weighted by Crippen LogP contribution is 2.36. The minimum atomic E-state index is 0.601. The van der Waals surface area contributed by atoms with Crippen molar-refractivity contribution in [1.29, 1.82) is 0 Å². The van der Waals surface area contributed by atoms with Crippen LogP contribution in [0.15, 0.2) is 0 Å². The smallest absolute Gasteiger partial charge is 0.00926 e. The lowest BCUT2D eigenvalue weighted by Crippen LogP contribution is -2.37. The van der Waals surface area contributed by atoms with Gasteiger partial charge in [-0.1, -0.05) is 20.3 Å². The SMILES string of the molecule is CNCCCCCN(C)C1CCC(C)(C)CC1. The van der Waals surface area contributed by atoms with Gasteiger partial charge in [-0.3, -0.25) is 0 Å². The fourth-order valence-electron chi connectivity index (χ4n) is 2.85. The van der Waals surface area contributed by atoms with Crippen LogP contribution in [0, 0.1) is 5.41 Å². The van der Waals surface area contributed by atoms with Crippen molar-refractivity contribution in [3.8, 4) is 0 Å². The summed E-state index contributed by atoms with van der Waals surface area (Å²) in [5.41, 5.74) is 0.601. The Labute approximate surface area is 108 Å². The Morgan fingerprint density at radius 3 is 2.35 bits per heavy atom. The van der Waals surface area contributed by atoms with Crippen LogP contribution in [0.3, 0.4) is 0 Å². The van der Waals surface area contributed by atoms with Crippen LogP contribution in [-0.2, 0) is 0 Å². The number of unbranched alkanes of at least 4 members (excludes halogenated alkanes) is 2. The molecule has 1 fully saturated rings. The molecule has 17 heavy (non-hydrogen) atoms. The summed E-state index contributed by atoms with van der Waals surface area (Å²) >= 11 is 0. The lowest BCUT2D eigenvalue weighted by molar-refractivity contribution is 0.126. The highest BCUT2D eigenvalue weighted by atomic mass is 15.1. The molecule has 1 N–H and O–H groups in total. The highest BCUT2D eigenvalue weighted by molar-refractivity contribution is 4.82. The molecule has 0 radical (unpaired) electrons. The van der Waals surface area contributed by atoms with Crippen molar-refractivity contribution >= 4 is 0 Å². The molecule has 0 aliphatic heterocycles. The second-order valence-corrected chi connectivity index (χ2v) is 6.54. The van der Waals surface area contributed by atoms with Crippen LogP contribution >= 0.6 is 0 Å². The fourth-order valence-corrected chi connectivity index (χ4v) is 2.85. The van der Waals surface area contributed by atoms with Gasteiger partial charge in [0.2, 0.25) is 0 Å². The van der Waals surface area contributed by atoms with Crippen molar-refractivity contribution in [2.45, 2.75) is 64.8 Å². The standard InChI is InChI=1S/C15H32N2/c1-15(2)10-8-14(9-11-15)17(4)13-7-5-6-12-16-3/h14,16H,5-13H2,1-4H3. The van der Waals surface area contributed by atoms with Crippen molar-refractivity contribution in [3.63, 3.8) is 0 Å². The van der Waals surface area contributed by atoms with E-state index in [0.29, 0.717) is 5.41 Å². The number of nitrogens with zero attached hydrogens (tertiary/aromatic N) is 1. The van der Waals surface area contributed by atoms with Crippen LogP contribution in [0.4, 0.5) is 0 Å². The van der Waals surface area contributed by atoms with Gasteiger partial charge in [0.25, 0.3) is 0 Å². The second kappa shape index (κ2) is 7.38. The van der Waals surface area contributed by atoms with Crippen molar-refractivity contribution < 1.29 is 0 Å². The number of hydrogen-bond donors (Lipinski definition) is 1. The van der Waals surface area contributed by atoms with Crippen LogP contribution < -0.4 is 5.32 Å². The van der Waals surface area contributed by atoms with Gasteiger partial charge in [0.05, 0.1) is 0 Å². The van der Waals surface area contributed by atoms with E-state index >= 15 is 0 Å². The molecule has 2 nitrogen and oxygen atoms in total. The number of hydrogen-bond acceptors (Lipinski definition) is 2. The Hall–Kier alpha value is -0.0800. The third-order valence-corrected chi connectivity index (χ3v) is 4.37. The minimum absolute atomic E-state index is 0.601. The Kier molecular flexibility index (Phi) is 6.50. The van der Waals surface area contributed by atoms with Crippen LogP contribution in [-0.4, -0.2) is 38.1 Å². The quantitative estimate of drug-likeness (QED) is 0.687. The van der Waals surface area contributed by atoms with E-state index in [9.17, 15) is 0 Å². The minimum Gasteiger partial charge on any atom is -0.320 e. The molecule has 0 amide bonds. The third kappa shape index (κ3) is 5.87. The van der Waals surface area contributed by atoms with Gasteiger partial charge in [-0.2, -0.15) is 0 Å².